The number of benzene rings is 2. The van der Waals surface area contributed by atoms with Crippen molar-refractivity contribution in [3.05, 3.63) is 57.6 Å². The van der Waals surface area contributed by atoms with Gasteiger partial charge in [-0.15, -0.1) is 0 Å². The number of nitrogens with two attached hydrogens (primary N) is 1. The second kappa shape index (κ2) is 5.19. The highest BCUT2D eigenvalue weighted by Crippen LogP contribution is 2.35. The third-order valence-corrected chi connectivity index (χ3v) is 4.58. The number of nitrogens with zero attached hydrogens (tertiary/aromatic N) is 1. The van der Waals surface area contributed by atoms with Crippen molar-refractivity contribution in [1.82, 2.24) is 0 Å². The van der Waals surface area contributed by atoms with E-state index in [2.05, 4.69) is 22.9 Å². The molecule has 0 aromatic heterocycles. The Kier molecular flexibility index (Phi) is 3.49. The quantitative estimate of drug-likeness (QED) is 0.796. The molecule has 0 spiro atoms. The van der Waals surface area contributed by atoms with Gasteiger partial charge in [-0.1, -0.05) is 11.6 Å². The Morgan fingerprint density at radius 2 is 2.05 bits per heavy atom. The van der Waals surface area contributed by atoms with Crippen LogP contribution in [0.3, 0.4) is 0 Å². The van der Waals surface area contributed by atoms with Gasteiger partial charge in [-0.3, -0.25) is 4.79 Å². The molecule has 0 saturated carbocycles. The first-order chi connectivity index (χ1) is 9.97. The lowest BCUT2D eigenvalue weighted by atomic mass is 10.1. The maximum absolute atomic E-state index is 12.9. The van der Waals surface area contributed by atoms with Crippen molar-refractivity contribution >= 4 is 33.2 Å². The number of carbonyl (C=O) groups is 1. The largest absolute Gasteiger partial charge is 0.399 e. The Hall–Kier alpha value is -1.81. The molecule has 3 nitrogen and oxygen atoms in total. The van der Waals surface area contributed by atoms with Crippen LogP contribution in [0.5, 0.6) is 0 Å². The SMILES string of the molecule is Cc1ccc(Br)c(C(=O)N2c3ccc(N)cc3CC2C)c1. The summed E-state index contributed by atoms with van der Waals surface area (Å²) in [5.41, 5.74) is 10.5. The standard InChI is InChI=1S/C17H17BrN2O/c1-10-3-5-15(18)14(7-10)17(21)20-11(2)8-12-9-13(19)4-6-16(12)20/h3-7,9,11H,8,19H2,1-2H3. The zero-order valence-electron chi connectivity index (χ0n) is 12.1. The first-order valence-corrected chi connectivity index (χ1v) is 7.75. The minimum atomic E-state index is 0.0293. The van der Waals surface area contributed by atoms with Crippen molar-refractivity contribution in [2.75, 3.05) is 10.6 Å². The first-order valence-electron chi connectivity index (χ1n) is 6.95. The zero-order chi connectivity index (χ0) is 15.1. The van der Waals surface area contributed by atoms with Crippen LogP contribution < -0.4 is 10.6 Å². The highest BCUT2D eigenvalue weighted by molar-refractivity contribution is 9.10. The second-order valence-corrected chi connectivity index (χ2v) is 6.45. The van der Waals surface area contributed by atoms with Gasteiger partial charge in [-0.05, 0) is 72.1 Å². The third kappa shape index (κ3) is 2.44. The van der Waals surface area contributed by atoms with E-state index >= 15 is 0 Å². The molecule has 0 saturated heterocycles. The van der Waals surface area contributed by atoms with Crippen molar-refractivity contribution in [2.24, 2.45) is 0 Å². The summed E-state index contributed by atoms with van der Waals surface area (Å²) < 4.78 is 0.828. The van der Waals surface area contributed by atoms with Gasteiger partial charge in [0, 0.05) is 21.9 Å². The van der Waals surface area contributed by atoms with Gasteiger partial charge >= 0.3 is 0 Å². The molecule has 1 unspecified atom stereocenters. The zero-order valence-corrected chi connectivity index (χ0v) is 13.6. The molecule has 3 rings (SSSR count). The van der Waals surface area contributed by atoms with E-state index in [1.54, 1.807) is 0 Å². The van der Waals surface area contributed by atoms with Crippen LogP contribution in [0, 0.1) is 6.92 Å². The Morgan fingerprint density at radius 1 is 1.29 bits per heavy atom. The summed E-state index contributed by atoms with van der Waals surface area (Å²) in [5.74, 6) is 0.0293. The fraction of sp³-hybridized carbons (Fsp3) is 0.235. The number of fused-ring (bicyclic) bond motifs is 1. The lowest BCUT2D eigenvalue weighted by Crippen LogP contribution is -2.35. The summed E-state index contributed by atoms with van der Waals surface area (Å²) in [7, 11) is 0. The van der Waals surface area contributed by atoms with Crippen LogP contribution in [0.25, 0.3) is 0 Å². The molecule has 1 amide bonds. The molecule has 1 heterocycles. The van der Waals surface area contributed by atoms with Crippen LogP contribution in [-0.4, -0.2) is 11.9 Å². The molecule has 2 N–H and O–H groups in total. The number of rotatable bonds is 1. The van der Waals surface area contributed by atoms with Crippen molar-refractivity contribution in [1.29, 1.82) is 0 Å². The number of anilines is 2. The Morgan fingerprint density at radius 3 is 2.81 bits per heavy atom. The van der Waals surface area contributed by atoms with Crippen LogP contribution in [0.15, 0.2) is 40.9 Å². The molecule has 1 aliphatic rings. The Bertz CT molecular complexity index is 727. The van der Waals surface area contributed by atoms with Crippen LogP contribution in [0.2, 0.25) is 0 Å². The summed E-state index contributed by atoms with van der Waals surface area (Å²) in [6.07, 6.45) is 0.843. The number of aryl methyl sites for hydroxylation is 1. The number of amides is 1. The molecule has 4 heteroatoms. The fourth-order valence-corrected chi connectivity index (χ4v) is 3.31. The van der Waals surface area contributed by atoms with Crippen LogP contribution >= 0.6 is 15.9 Å². The minimum Gasteiger partial charge on any atom is -0.399 e. The topological polar surface area (TPSA) is 46.3 Å². The van der Waals surface area contributed by atoms with Gasteiger partial charge in [-0.2, -0.15) is 0 Å². The summed E-state index contributed by atoms with van der Waals surface area (Å²) >= 11 is 3.48. The third-order valence-electron chi connectivity index (χ3n) is 3.89. The van der Waals surface area contributed by atoms with E-state index < -0.39 is 0 Å². The monoisotopic (exact) mass is 344 g/mol. The van der Waals surface area contributed by atoms with Gasteiger partial charge < -0.3 is 10.6 Å². The Labute approximate surface area is 132 Å². The lowest BCUT2D eigenvalue weighted by Gasteiger charge is -2.23. The van der Waals surface area contributed by atoms with E-state index in [9.17, 15) is 4.79 Å². The van der Waals surface area contributed by atoms with Crippen LogP contribution in [0.1, 0.15) is 28.4 Å². The maximum atomic E-state index is 12.9. The number of hydrogen-bond donors (Lipinski definition) is 1. The van der Waals surface area contributed by atoms with Crippen LogP contribution in [0.4, 0.5) is 11.4 Å². The number of hydrogen-bond acceptors (Lipinski definition) is 2. The van der Waals surface area contributed by atoms with Crippen molar-refractivity contribution in [3.8, 4) is 0 Å². The second-order valence-electron chi connectivity index (χ2n) is 5.60. The van der Waals surface area contributed by atoms with Crippen molar-refractivity contribution < 1.29 is 4.79 Å². The molecule has 1 atom stereocenters. The molecule has 2 aromatic carbocycles. The average Bonchev–Trinajstić information content (AvgIpc) is 2.75. The summed E-state index contributed by atoms with van der Waals surface area (Å²) in [5, 5.41) is 0. The summed E-state index contributed by atoms with van der Waals surface area (Å²) in [4.78, 5) is 14.8. The minimum absolute atomic E-state index is 0.0293. The molecule has 2 aromatic rings. The molecular formula is C17H17BrN2O. The van der Waals surface area contributed by atoms with Crippen molar-refractivity contribution in [2.45, 2.75) is 26.3 Å². The number of carbonyl (C=O) groups excluding carboxylic acids is 1. The molecule has 0 bridgehead atoms. The van der Waals surface area contributed by atoms with Crippen molar-refractivity contribution in [3.63, 3.8) is 0 Å². The summed E-state index contributed by atoms with van der Waals surface area (Å²) in [6.45, 7) is 4.06. The number of nitrogen functional groups attached to an aromatic ring is 1. The molecule has 0 fully saturated rings. The summed E-state index contributed by atoms with van der Waals surface area (Å²) in [6, 6.07) is 11.7. The van der Waals surface area contributed by atoms with Gasteiger partial charge in [0.25, 0.3) is 5.91 Å². The smallest absolute Gasteiger partial charge is 0.259 e. The molecular weight excluding hydrogens is 328 g/mol. The maximum Gasteiger partial charge on any atom is 0.259 e. The van der Waals surface area contributed by atoms with E-state index in [1.807, 2.05) is 48.2 Å². The van der Waals surface area contributed by atoms with Gasteiger partial charge in [0.15, 0.2) is 0 Å². The molecule has 1 aliphatic heterocycles. The predicted molar refractivity (Wildman–Crippen MR) is 89.7 cm³/mol. The Balaban J connectivity index is 2.05. The lowest BCUT2D eigenvalue weighted by molar-refractivity contribution is 0.0980. The predicted octanol–water partition coefficient (Wildman–Crippen LogP) is 3.93. The van der Waals surface area contributed by atoms with E-state index in [0.717, 1.165) is 33.4 Å². The highest BCUT2D eigenvalue weighted by atomic mass is 79.9. The average molecular weight is 345 g/mol. The van der Waals surface area contributed by atoms with E-state index in [1.165, 1.54) is 0 Å². The molecule has 108 valence electrons. The highest BCUT2D eigenvalue weighted by Gasteiger charge is 2.32. The molecule has 21 heavy (non-hydrogen) atoms. The fourth-order valence-electron chi connectivity index (χ4n) is 2.89. The van der Waals surface area contributed by atoms with E-state index in [-0.39, 0.29) is 11.9 Å². The van der Waals surface area contributed by atoms with Gasteiger partial charge in [0.1, 0.15) is 0 Å². The van der Waals surface area contributed by atoms with Crippen LogP contribution in [-0.2, 0) is 6.42 Å². The first kappa shape index (κ1) is 14.1. The normalized spacial score (nSPS) is 16.9. The van der Waals surface area contributed by atoms with Gasteiger partial charge in [0.2, 0.25) is 0 Å². The van der Waals surface area contributed by atoms with Gasteiger partial charge in [0.05, 0.1) is 5.56 Å². The molecule has 0 aliphatic carbocycles. The number of halogens is 1. The molecule has 0 radical (unpaired) electrons. The van der Waals surface area contributed by atoms with E-state index in [0.29, 0.717) is 5.56 Å². The van der Waals surface area contributed by atoms with Gasteiger partial charge in [-0.25, -0.2) is 0 Å². The van der Waals surface area contributed by atoms with E-state index in [4.69, 9.17) is 5.73 Å².